The number of carbonyl (C=O) groups excluding carboxylic acids is 1. The van der Waals surface area contributed by atoms with Crippen LogP contribution in [0.15, 0.2) is 61.1 Å². The third-order valence-electron chi connectivity index (χ3n) is 8.22. The van der Waals surface area contributed by atoms with Crippen LogP contribution in [0.5, 0.6) is 0 Å². The van der Waals surface area contributed by atoms with Crippen molar-refractivity contribution in [1.82, 2.24) is 29.8 Å². The Morgan fingerprint density at radius 2 is 1.84 bits per heavy atom. The molecule has 0 aliphatic carbocycles. The number of ether oxygens (including phenoxy) is 1. The van der Waals surface area contributed by atoms with Crippen LogP contribution in [-0.2, 0) is 11.3 Å². The molecule has 43 heavy (non-hydrogen) atoms. The Labute approximate surface area is 253 Å². The van der Waals surface area contributed by atoms with E-state index in [1.54, 1.807) is 6.33 Å². The van der Waals surface area contributed by atoms with E-state index in [1.807, 2.05) is 42.4 Å². The number of anilines is 3. The molecule has 1 amide bonds. The maximum Gasteiger partial charge on any atom is 0.410 e. The highest BCUT2D eigenvalue weighted by molar-refractivity contribution is 5.79. The summed E-state index contributed by atoms with van der Waals surface area (Å²) in [6.07, 6.45) is 7.58. The van der Waals surface area contributed by atoms with Gasteiger partial charge < -0.3 is 25.2 Å². The molecule has 1 aromatic carbocycles. The predicted octanol–water partition coefficient (Wildman–Crippen LogP) is 6.01. The van der Waals surface area contributed by atoms with Gasteiger partial charge in [-0.2, -0.15) is 5.10 Å². The average Bonchev–Trinajstić information content (AvgIpc) is 3.65. The lowest BCUT2D eigenvalue weighted by Gasteiger charge is -2.33. The molecule has 0 spiro atoms. The number of benzene rings is 1. The number of hydrogen-bond acceptors (Lipinski definition) is 8. The molecule has 5 heterocycles. The Bertz CT molecular complexity index is 1570. The van der Waals surface area contributed by atoms with Crippen molar-refractivity contribution in [2.75, 3.05) is 29.9 Å². The summed E-state index contributed by atoms with van der Waals surface area (Å²) >= 11 is 0. The van der Waals surface area contributed by atoms with Crippen molar-refractivity contribution in [2.45, 2.75) is 77.6 Å². The Morgan fingerprint density at radius 1 is 1.02 bits per heavy atom. The monoisotopic (exact) mass is 582 g/mol. The third-order valence-corrected chi connectivity index (χ3v) is 8.22. The molecule has 1 atom stereocenters. The second kappa shape index (κ2) is 12.2. The quantitative estimate of drug-likeness (QED) is 0.273. The van der Waals surface area contributed by atoms with Crippen molar-refractivity contribution in [3.8, 4) is 11.1 Å². The van der Waals surface area contributed by atoms with Gasteiger partial charge in [0.1, 0.15) is 23.6 Å². The molecule has 3 aromatic heterocycles. The van der Waals surface area contributed by atoms with Crippen molar-refractivity contribution in [3.63, 3.8) is 0 Å². The van der Waals surface area contributed by atoms with Crippen LogP contribution < -0.4 is 15.5 Å². The Balaban J connectivity index is 1.13. The van der Waals surface area contributed by atoms with Crippen LogP contribution in [-0.4, -0.2) is 67.9 Å². The number of rotatable bonds is 7. The molecule has 1 unspecified atom stereocenters. The van der Waals surface area contributed by atoms with Crippen molar-refractivity contribution >= 4 is 29.1 Å². The van der Waals surface area contributed by atoms with E-state index in [0.29, 0.717) is 25.2 Å². The first kappa shape index (κ1) is 28.9. The second-order valence-corrected chi connectivity index (χ2v) is 12.7. The van der Waals surface area contributed by atoms with E-state index in [4.69, 9.17) is 9.72 Å². The van der Waals surface area contributed by atoms with Gasteiger partial charge in [0.05, 0.1) is 5.69 Å². The fourth-order valence-electron chi connectivity index (χ4n) is 5.96. The van der Waals surface area contributed by atoms with E-state index in [0.717, 1.165) is 60.0 Å². The summed E-state index contributed by atoms with van der Waals surface area (Å²) in [5, 5.41) is 11.7. The smallest absolute Gasteiger partial charge is 0.410 e. The summed E-state index contributed by atoms with van der Waals surface area (Å²) in [5.74, 6) is 1.79. The number of nitrogens with one attached hydrogen (secondary N) is 2. The van der Waals surface area contributed by atoms with Crippen LogP contribution in [0, 0.1) is 0 Å². The molecule has 2 N–H and O–H groups in total. The van der Waals surface area contributed by atoms with Gasteiger partial charge in [0.15, 0.2) is 5.65 Å². The number of fused-ring (bicyclic) bond motifs is 1. The number of likely N-dealkylation sites (tertiary alicyclic amines) is 1. The predicted molar refractivity (Wildman–Crippen MR) is 170 cm³/mol. The first-order valence-corrected chi connectivity index (χ1v) is 15.4. The normalized spacial score (nSPS) is 17.9. The van der Waals surface area contributed by atoms with E-state index >= 15 is 0 Å². The summed E-state index contributed by atoms with van der Waals surface area (Å²) < 4.78 is 7.35. The minimum Gasteiger partial charge on any atom is -0.444 e. The lowest BCUT2D eigenvalue weighted by molar-refractivity contribution is 0.0198. The minimum absolute atomic E-state index is 0.221. The van der Waals surface area contributed by atoms with Crippen LogP contribution in [0.25, 0.3) is 16.8 Å². The standard InChI is InChI=1S/C33H42N8O2/c1-23-8-7-15-40(23)30-12-6-11-29(38-30)37-28-19-26(21-41-31(28)35-22-36-41)25-10-5-9-24(18-25)20-34-27-13-16-39(17-14-27)32(42)43-33(2,3)4/h5-6,9-12,18-19,21-23,27,34H,7-8,13-17,20H2,1-4H3,(H,37,38). The van der Waals surface area contributed by atoms with E-state index < -0.39 is 5.60 Å². The van der Waals surface area contributed by atoms with E-state index in [-0.39, 0.29) is 6.09 Å². The molecule has 6 rings (SSSR count). The third kappa shape index (κ3) is 6.91. The zero-order valence-electron chi connectivity index (χ0n) is 25.6. The summed E-state index contributed by atoms with van der Waals surface area (Å²) in [5.41, 5.74) is 4.48. The maximum atomic E-state index is 12.4. The van der Waals surface area contributed by atoms with Gasteiger partial charge >= 0.3 is 6.09 Å². The Kier molecular flexibility index (Phi) is 8.21. The molecule has 0 bridgehead atoms. The lowest BCUT2D eigenvalue weighted by atomic mass is 10.0. The first-order valence-electron chi connectivity index (χ1n) is 15.4. The van der Waals surface area contributed by atoms with Gasteiger partial charge in [0.2, 0.25) is 0 Å². The highest BCUT2D eigenvalue weighted by Gasteiger charge is 2.27. The van der Waals surface area contributed by atoms with Crippen molar-refractivity contribution in [3.05, 3.63) is 66.6 Å². The Hall–Kier alpha value is -4.18. The summed E-state index contributed by atoms with van der Waals surface area (Å²) in [6.45, 7) is 11.2. The van der Waals surface area contributed by atoms with Gasteiger partial charge in [-0.25, -0.2) is 19.3 Å². The molecule has 4 aromatic rings. The lowest BCUT2D eigenvalue weighted by Crippen LogP contribution is -2.46. The van der Waals surface area contributed by atoms with Crippen molar-refractivity contribution < 1.29 is 9.53 Å². The van der Waals surface area contributed by atoms with Crippen LogP contribution in [0.4, 0.5) is 22.1 Å². The number of carbonyl (C=O) groups is 1. The zero-order chi connectivity index (χ0) is 30.0. The van der Waals surface area contributed by atoms with E-state index in [9.17, 15) is 4.79 Å². The minimum atomic E-state index is -0.472. The molecule has 2 saturated heterocycles. The molecule has 0 saturated carbocycles. The molecule has 2 aliphatic rings. The number of pyridine rings is 2. The molecule has 2 fully saturated rings. The number of hydrogen-bond donors (Lipinski definition) is 2. The van der Waals surface area contributed by atoms with Gasteiger partial charge in [0, 0.05) is 50.0 Å². The van der Waals surface area contributed by atoms with Gasteiger partial charge in [-0.05, 0) is 88.8 Å². The fraction of sp³-hybridized carbons (Fsp3) is 0.455. The number of nitrogens with zero attached hydrogens (tertiary/aromatic N) is 6. The summed E-state index contributed by atoms with van der Waals surface area (Å²) in [4.78, 5) is 26.0. The van der Waals surface area contributed by atoms with Crippen molar-refractivity contribution in [2.24, 2.45) is 0 Å². The highest BCUT2D eigenvalue weighted by atomic mass is 16.6. The van der Waals surface area contributed by atoms with Gasteiger partial charge in [0.25, 0.3) is 0 Å². The molecule has 10 heteroatoms. The first-order chi connectivity index (χ1) is 20.7. The molecule has 226 valence electrons. The Morgan fingerprint density at radius 3 is 2.60 bits per heavy atom. The number of amides is 1. The molecular formula is C33H42N8O2. The zero-order valence-corrected chi connectivity index (χ0v) is 25.6. The molecular weight excluding hydrogens is 540 g/mol. The largest absolute Gasteiger partial charge is 0.444 e. The molecule has 2 aliphatic heterocycles. The van der Waals surface area contributed by atoms with Gasteiger partial charge in [-0.3, -0.25) is 0 Å². The number of piperidine rings is 1. The van der Waals surface area contributed by atoms with Gasteiger partial charge in [-0.1, -0.05) is 24.3 Å². The van der Waals surface area contributed by atoms with E-state index in [2.05, 4.69) is 75.0 Å². The van der Waals surface area contributed by atoms with Crippen LogP contribution >= 0.6 is 0 Å². The van der Waals surface area contributed by atoms with Crippen LogP contribution in [0.1, 0.15) is 58.9 Å². The molecule has 10 nitrogen and oxygen atoms in total. The average molecular weight is 583 g/mol. The summed E-state index contributed by atoms with van der Waals surface area (Å²) in [6, 6.07) is 17.7. The van der Waals surface area contributed by atoms with Crippen LogP contribution in [0.2, 0.25) is 0 Å². The fourth-order valence-corrected chi connectivity index (χ4v) is 5.96. The van der Waals surface area contributed by atoms with Gasteiger partial charge in [-0.15, -0.1) is 0 Å². The molecule has 0 radical (unpaired) electrons. The topological polar surface area (TPSA) is 99.9 Å². The van der Waals surface area contributed by atoms with Crippen molar-refractivity contribution in [1.29, 1.82) is 0 Å². The maximum absolute atomic E-state index is 12.4. The highest BCUT2D eigenvalue weighted by Crippen LogP contribution is 2.30. The number of aromatic nitrogens is 4. The summed E-state index contributed by atoms with van der Waals surface area (Å²) in [7, 11) is 0. The second-order valence-electron chi connectivity index (χ2n) is 12.7. The SMILES string of the molecule is CC1CCCN1c1cccc(Nc2cc(-c3cccc(CNC4CCN(C(=O)OC(C)(C)C)CC4)c3)cn3ncnc23)n1. The van der Waals surface area contributed by atoms with Crippen LogP contribution in [0.3, 0.4) is 0 Å². The van der Waals surface area contributed by atoms with E-state index in [1.165, 1.54) is 18.4 Å².